The van der Waals surface area contributed by atoms with Crippen molar-refractivity contribution < 1.29 is 16.8 Å². The number of pyridine rings is 3. The summed E-state index contributed by atoms with van der Waals surface area (Å²) in [4.78, 5) is 11.7. The zero-order valence-electron chi connectivity index (χ0n) is 12.6. The van der Waals surface area contributed by atoms with Gasteiger partial charge in [-0.2, -0.15) is 0 Å². The highest BCUT2D eigenvalue weighted by Crippen LogP contribution is 2.17. The molecule has 0 aromatic carbocycles. The maximum atomic E-state index is 12.4. The van der Waals surface area contributed by atoms with Crippen LogP contribution in [0.2, 0.25) is 0 Å². The second-order valence-corrected chi connectivity index (χ2v) is 8.35. The summed E-state index contributed by atoms with van der Waals surface area (Å²) in [5.41, 5.74) is 0.769. The molecule has 3 heterocycles. The highest BCUT2D eigenvalue weighted by molar-refractivity contribution is 8.04. The summed E-state index contributed by atoms with van der Waals surface area (Å²) >= 11 is 0. The van der Waals surface area contributed by atoms with Crippen molar-refractivity contribution in [1.29, 1.82) is 0 Å². The summed E-state index contributed by atoms with van der Waals surface area (Å²) in [6.45, 7) is 0. The van der Waals surface area contributed by atoms with Crippen molar-refractivity contribution in [1.82, 2.24) is 19.1 Å². The quantitative estimate of drug-likeness (QED) is 0.711. The molecule has 0 radical (unpaired) electrons. The van der Waals surface area contributed by atoms with E-state index in [9.17, 15) is 16.8 Å². The Hall–Kier alpha value is -2.69. The lowest BCUT2D eigenvalue weighted by atomic mass is 10.2. The van der Waals surface area contributed by atoms with Crippen LogP contribution in [0.4, 0.5) is 0 Å². The van der Waals surface area contributed by atoms with Gasteiger partial charge in [-0.1, -0.05) is 22.3 Å². The highest BCUT2D eigenvalue weighted by Gasteiger charge is 2.26. The Labute approximate surface area is 144 Å². The third kappa shape index (κ3) is 3.87. The molecule has 0 saturated carbocycles. The first-order valence-electron chi connectivity index (χ1n) is 6.97. The van der Waals surface area contributed by atoms with Crippen LogP contribution >= 0.6 is 0 Å². The second-order valence-electron chi connectivity index (χ2n) is 4.83. The number of aromatic nitrogens is 3. The first-order valence-corrected chi connectivity index (χ1v) is 9.93. The van der Waals surface area contributed by atoms with E-state index in [0.29, 0.717) is 11.4 Å². The fourth-order valence-electron chi connectivity index (χ4n) is 1.96. The third-order valence-corrected chi connectivity index (χ3v) is 6.38. The van der Waals surface area contributed by atoms with E-state index in [2.05, 4.69) is 15.0 Å². The van der Waals surface area contributed by atoms with E-state index < -0.39 is 30.1 Å². The molecule has 8 nitrogen and oxygen atoms in total. The molecule has 10 heteroatoms. The topological polar surface area (TPSA) is 119 Å². The fraction of sp³-hybridized carbons (Fsp3) is 0. The molecule has 0 atom stereocenters. The van der Waals surface area contributed by atoms with Gasteiger partial charge >= 0.3 is 0 Å². The van der Waals surface area contributed by atoms with Gasteiger partial charge in [0, 0.05) is 12.4 Å². The Morgan fingerprint density at radius 1 is 0.640 bits per heavy atom. The minimum Gasteiger partial charge on any atom is -0.255 e. The minimum atomic E-state index is -4.41. The zero-order valence-corrected chi connectivity index (χ0v) is 14.3. The summed E-state index contributed by atoms with van der Waals surface area (Å²) in [7, 11) is -8.76. The van der Waals surface area contributed by atoms with Crippen LogP contribution in [0.5, 0.6) is 0 Å². The molecule has 0 amide bonds. The molecular weight excluding hydrogens is 364 g/mol. The van der Waals surface area contributed by atoms with Crippen LogP contribution < -0.4 is 4.13 Å². The van der Waals surface area contributed by atoms with Crippen LogP contribution in [0.25, 0.3) is 11.4 Å². The minimum absolute atomic E-state index is 0.304. The van der Waals surface area contributed by atoms with E-state index in [0.717, 1.165) is 0 Å². The Kier molecular flexibility index (Phi) is 4.57. The maximum Gasteiger partial charge on any atom is 0.271 e. The summed E-state index contributed by atoms with van der Waals surface area (Å²) < 4.78 is 50.8. The predicted molar refractivity (Wildman–Crippen MR) is 89.2 cm³/mol. The number of hydrogen-bond donors (Lipinski definition) is 1. The van der Waals surface area contributed by atoms with Gasteiger partial charge in [0.1, 0.15) is 0 Å². The van der Waals surface area contributed by atoms with Gasteiger partial charge in [-0.25, -0.2) is 26.8 Å². The normalized spacial score (nSPS) is 12.0. The lowest BCUT2D eigenvalue weighted by molar-refractivity contribution is 0.572. The van der Waals surface area contributed by atoms with E-state index in [4.69, 9.17) is 0 Å². The first kappa shape index (κ1) is 17.1. The van der Waals surface area contributed by atoms with Crippen molar-refractivity contribution >= 4 is 20.0 Å². The van der Waals surface area contributed by atoms with Crippen molar-refractivity contribution in [3.8, 4) is 11.4 Å². The average molecular weight is 376 g/mol. The molecule has 3 aromatic rings. The molecule has 0 aliphatic heterocycles. The van der Waals surface area contributed by atoms with Crippen molar-refractivity contribution in [2.45, 2.75) is 10.1 Å². The van der Waals surface area contributed by atoms with Crippen molar-refractivity contribution in [2.24, 2.45) is 0 Å². The molecule has 0 saturated heterocycles. The summed E-state index contributed by atoms with van der Waals surface area (Å²) in [6, 6.07) is 13.5. The van der Waals surface area contributed by atoms with E-state index >= 15 is 0 Å². The van der Waals surface area contributed by atoms with Crippen LogP contribution in [0.1, 0.15) is 0 Å². The van der Waals surface area contributed by atoms with Gasteiger partial charge in [0.25, 0.3) is 20.0 Å². The lowest BCUT2D eigenvalue weighted by Gasteiger charge is -2.08. The maximum absolute atomic E-state index is 12.4. The Balaban J connectivity index is 1.96. The zero-order chi connectivity index (χ0) is 17.9. The molecule has 3 aromatic heterocycles. The molecule has 0 aliphatic rings. The molecule has 0 unspecified atom stereocenters. The SMILES string of the molecule is O=S(=O)(NS(=O)(=O)c1cccc(-c2ccccn2)n1)c1ccccn1. The van der Waals surface area contributed by atoms with Crippen molar-refractivity contribution in [2.75, 3.05) is 0 Å². The number of sulfonamides is 2. The molecule has 0 fully saturated rings. The number of hydrogen-bond acceptors (Lipinski definition) is 7. The van der Waals surface area contributed by atoms with Crippen molar-refractivity contribution in [3.63, 3.8) is 0 Å². The van der Waals surface area contributed by atoms with Gasteiger partial charge in [0.05, 0.1) is 11.4 Å². The van der Waals surface area contributed by atoms with Crippen LogP contribution in [-0.2, 0) is 20.0 Å². The molecule has 0 bridgehead atoms. The van der Waals surface area contributed by atoms with Crippen LogP contribution in [0, 0.1) is 0 Å². The van der Waals surface area contributed by atoms with Crippen LogP contribution in [-0.4, -0.2) is 31.8 Å². The molecule has 128 valence electrons. The molecule has 3 rings (SSSR count). The number of nitrogens with zero attached hydrogens (tertiary/aromatic N) is 3. The van der Waals surface area contributed by atoms with E-state index in [1.807, 2.05) is 0 Å². The van der Waals surface area contributed by atoms with E-state index in [1.165, 1.54) is 36.5 Å². The third-order valence-electron chi connectivity index (χ3n) is 3.06. The van der Waals surface area contributed by atoms with Gasteiger partial charge in [0.2, 0.25) is 0 Å². The summed E-state index contributed by atoms with van der Waals surface area (Å²) in [5, 5.41) is -0.838. The molecule has 1 N–H and O–H groups in total. The Morgan fingerprint density at radius 2 is 1.24 bits per heavy atom. The Morgan fingerprint density at radius 3 is 1.88 bits per heavy atom. The summed E-state index contributed by atoms with van der Waals surface area (Å²) in [5.74, 6) is 0. The molecule has 0 spiro atoms. The monoisotopic (exact) mass is 376 g/mol. The van der Waals surface area contributed by atoms with Gasteiger partial charge in [-0.15, -0.1) is 0 Å². The highest BCUT2D eigenvalue weighted by atomic mass is 32.3. The first-order chi connectivity index (χ1) is 11.9. The van der Waals surface area contributed by atoms with Gasteiger partial charge in [0.15, 0.2) is 10.1 Å². The van der Waals surface area contributed by atoms with Gasteiger partial charge in [-0.3, -0.25) is 4.98 Å². The fourth-order valence-corrected chi connectivity index (χ4v) is 4.73. The molecule has 0 aliphatic carbocycles. The van der Waals surface area contributed by atoms with Crippen LogP contribution in [0.15, 0.2) is 77.0 Å². The van der Waals surface area contributed by atoms with Crippen molar-refractivity contribution in [3.05, 3.63) is 67.0 Å². The second kappa shape index (κ2) is 6.67. The smallest absolute Gasteiger partial charge is 0.255 e. The number of rotatable bonds is 5. The lowest BCUT2D eigenvalue weighted by Crippen LogP contribution is -2.31. The van der Waals surface area contributed by atoms with Gasteiger partial charge < -0.3 is 0 Å². The van der Waals surface area contributed by atoms with E-state index in [-0.39, 0.29) is 0 Å². The molecular formula is C15H12N4O4S2. The predicted octanol–water partition coefficient (Wildman–Crippen LogP) is 1.21. The Bertz CT molecular complexity index is 1090. The molecule has 25 heavy (non-hydrogen) atoms. The average Bonchev–Trinajstić information content (AvgIpc) is 2.62. The standard InChI is InChI=1S/C15H12N4O4S2/c20-24(21,14-8-2-4-11-17-14)19-25(22,23)15-9-5-7-13(18-15)12-6-1-3-10-16-12/h1-11,19H. The van der Waals surface area contributed by atoms with Crippen LogP contribution in [0.3, 0.4) is 0 Å². The largest absolute Gasteiger partial charge is 0.271 e. The van der Waals surface area contributed by atoms with Gasteiger partial charge in [-0.05, 0) is 36.4 Å². The summed E-state index contributed by atoms with van der Waals surface area (Å²) in [6.07, 6.45) is 2.79. The number of nitrogens with one attached hydrogen (secondary N) is 1. The van der Waals surface area contributed by atoms with E-state index in [1.54, 1.807) is 34.6 Å².